The van der Waals surface area contributed by atoms with Crippen LogP contribution in [-0.2, 0) is 32.0 Å². The number of hydrogen-bond donors (Lipinski definition) is 6. The number of fused-ring (bicyclic) bond motifs is 2. The van der Waals surface area contributed by atoms with Crippen LogP contribution in [0.3, 0.4) is 0 Å². The lowest BCUT2D eigenvalue weighted by molar-refractivity contribution is -0.138. The van der Waals surface area contributed by atoms with E-state index in [4.69, 9.17) is 5.11 Å². The molecule has 3 aromatic carbocycles. The van der Waals surface area contributed by atoms with Crippen molar-refractivity contribution < 1.29 is 34.2 Å². The van der Waals surface area contributed by atoms with Crippen LogP contribution in [0.2, 0.25) is 0 Å². The molecule has 0 bridgehead atoms. The highest BCUT2D eigenvalue weighted by Crippen LogP contribution is 2.26. The summed E-state index contributed by atoms with van der Waals surface area (Å²) in [7, 11) is 0. The van der Waals surface area contributed by atoms with Crippen LogP contribution in [0.15, 0.2) is 84.4 Å². The number of aromatic hydroxyl groups is 1. The highest BCUT2D eigenvalue weighted by atomic mass is 32.1. The minimum absolute atomic E-state index is 0.0176. The topological polar surface area (TPSA) is 174 Å². The van der Waals surface area contributed by atoms with Crippen molar-refractivity contribution in [2.24, 2.45) is 0 Å². The van der Waals surface area contributed by atoms with Gasteiger partial charge in [-0.3, -0.25) is 24.0 Å². The van der Waals surface area contributed by atoms with Crippen LogP contribution >= 0.6 is 11.3 Å². The number of carbonyl (C=O) groups excluding carboxylic acids is 4. The zero-order valence-corrected chi connectivity index (χ0v) is 24.7. The average Bonchev–Trinajstić information content (AvgIpc) is 3.67. The lowest BCUT2D eigenvalue weighted by Gasteiger charge is -2.23. The van der Waals surface area contributed by atoms with Gasteiger partial charge in [-0.1, -0.05) is 54.6 Å². The molecule has 1 aromatic heterocycles. The first-order chi connectivity index (χ1) is 21.7. The Morgan fingerprint density at radius 1 is 0.800 bits per heavy atom. The van der Waals surface area contributed by atoms with Gasteiger partial charge in [-0.15, -0.1) is 11.3 Å². The SMILES string of the molecule is O=C(O)CNC(=O)C(CNC(=O)C1=Cc2ccccc2C1)NC(=O)C(Cc1ccc(O)cc1)NC(=O)c1cc2ccccc2s1. The van der Waals surface area contributed by atoms with E-state index in [9.17, 15) is 29.1 Å². The summed E-state index contributed by atoms with van der Waals surface area (Å²) in [5, 5.41) is 29.9. The Morgan fingerprint density at radius 2 is 1.53 bits per heavy atom. The largest absolute Gasteiger partial charge is 0.508 e. The average molecular weight is 627 g/mol. The highest BCUT2D eigenvalue weighted by Gasteiger charge is 2.29. The lowest BCUT2D eigenvalue weighted by atomic mass is 10.0. The molecular formula is C33H30N4O7S. The van der Waals surface area contributed by atoms with Gasteiger partial charge in [0.1, 0.15) is 24.4 Å². The minimum Gasteiger partial charge on any atom is -0.508 e. The number of thiophene rings is 1. The predicted octanol–water partition coefficient (Wildman–Crippen LogP) is 2.39. The van der Waals surface area contributed by atoms with E-state index in [1.807, 2.05) is 48.5 Å². The molecule has 1 aliphatic rings. The summed E-state index contributed by atoms with van der Waals surface area (Å²) in [5.74, 6) is -3.74. The van der Waals surface area contributed by atoms with E-state index in [1.165, 1.54) is 23.5 Å². The second-order valence-electron chi connectivity index (χ2n) is 10.5. The van der Waals surface area contributed by atoms with Crippen molar-refractivity contribution in [1.29, 1.82) is 0 Å². The molecule has 2 unspecified atom stereocenters. The van der Waals surface area contributed by atoms with E-state index in [-0.39, 0.29) is 18.7 Å². The van der Waals surface area contributed by atoms with Gasteiger partial charge >= 0.3 is 5.97 Å². The normalized spacial score (nSPS) is 13.2. The fourth-order valence-electron chi connectivity index (χ4n) is 4.90. The Labute approximate surface area is 262 Å². The van der Waals surface area contributed by atoms with Crippen molar-refractivity contribution >= 4 is 57.1 Å². The molecule has 0 saturated heterocycles. The van der Waals surface area contributed by atoms with Gasteiger partial charge in [0.15, 0.2) is 0 Å². The van der Waals surface area contributed by atoms with E-state index >= 15 is 0 Å². The summed E-state index contributed by atoms with van der Waals surface area (Å²) >= 11 is 1.26. The van der Waals surface area contributed by atoms with Gasteiger partial charge < -0.3 is 31.5 Å². The minimum atomic E-state index is -1.35. The molecular weight excluding hydrogens is 596 g/mol. The van der Waals surface area contributed by atoms with Crippen LogP contribution in [0.25, 0.3) is 16.2 Å². The molecule has 230 valence electrons. The van der Waals surface area contributed by atoms with Crippen molar-refractivity contribution in [3.63, 3.8) is 0 Å². The van der Waals surface area contributed by atoms with Gasteiger partial charge in [0.2, 0.25) is 17.7 Å². The van der Waals surface area contributed by atoms with Crippen molar-refractivity contribution in [2.75, 3.05) is 13.1 Å². The molecule has 11 nitrogen and oxygen atoms in total. The molecule has 1 aliphatic carbocycles. The van der Waals surface area contributed by atoms with Gasteiger partial charge in [0, 0.05) is 29.7 Å². The predicted molar refractivity (Wildman–Crippen MR) is 169 cm³/mol. The molecule has 45 heavy (non-hydrogen) atoms. The molecule has 1 heterocycles. The first kappa shape index (κ1) is 31.0. The number of carboxylic acids is 1. The first-order valence-corrected chi connectivity index (χ1v) is 14.9. The summed E-state index contributed by atoms with van der Waals surface area (Å²) in [4.78, 5) is 64.4. The van der Waals surface area contributed by atoms with E-state index in [2.05, 4.69) is 21.3 Å². The number of aliphatic carboxylic acids is 1. The number of carboxylic acid groups (broad SMARTS) is 1. The number of nitrogens with one attached hydrogen (secondary N) is 4. The third kappa shape index (κ3) is 7.92. The standard InChI is InChI=1S/C33H30N4O7S/c38-24-11-9-19(10-12-24)13-25(36-33(44)28-16-22-7-3-4-8-27(22)45-28)32(43)37-26(31(42)35-18-29(39)40)17-34-30(41)23-14-20-5-1-2-6-21(20)15-23/h1-12,14,16,25-26,38H,13,15,17-18H2,(H,34,41)(H,35,42)(H,36,44)(H,37,43)(H,39,40). The fourth-order valence-corrected chi connectivity index (χ4v) is 5.87. The third-order valence-electron chi connectivity index (χ3n) is 7.22. The molecule has 5 rings (SSSR count). The van der Waals surface area contributed by atoms with Gasteiger partial charge in [0.05, 0.1) is 4.88 Å². The molecule has 2 atom stereocenters. The second-order valence-corrected chi connectivity index (χ2v) is 11.6. The molecule has 0 fully saturated rings. The smallest absolute Gasteiger partial charge is 0.322 e. The van der Waals surface area contributed by atoms with Gasteiger partial charge in [-0.05, 0) is 52.4 Å². The van der Waals surface area contributed by atoms with Crippen LogP contribution in [-0.4, -0.2) is 65.0 Å². The quantitative estimate of drug-likeness (QED) is 0.140. The van der Waals surface area contributed by atoms with E-state index in [0.717, 1.165) is 21.2 Å². The van der Waals surface area contributed by atoms with Gasteiger partial charge in [-0.25, -0.2) is 0 Å². The summed E-state index contributed by atoms with van der Waals surface area (Å²) in [6, 6.07) is 20.3. The van der Waals surface area contributed by atoms with Crippen molar-refractivity contribution in [3.8, 4) is 5.75 Å². The van der Waals surface area contributed by atoms with Crippen LogP contribution in [0.1, 0.15) is 26.4 Å². The van der Waals surface area contributed by atoms with Crippen molar-refractivity contribution in [1.82, 2.24) is 21.3 Å². The van der Waals surface area contributed by atoms with Crippen LogP contribution in [0.5, 0.6) is 5.75 Å². The molecule has 12 heteroatoms. The van der Waals surface area contributed by atoms with Gasteiger partial charge in [-0.2, -0.15) is 0 Å². The zero-order valence-electron chi connectivity index (χ0n) is 23.9. The van der Waals surface area contributed by atoms with Crippen LogP contribution in [0.4, 0.5) is 0 Å². The number of phenols is 1. The van der Waals surface area contributed by atoms with Crippen molar-refractivity contribution in [2.45, 2.75) is 24.9 Å². The lowest BCUT2D eigenvalue weighted by Crippen LogP contribution is -2.58. The summed E-state index contributed by atoms with van der Waals surface area (Å²) < 4.78 is 0.897. The number of benzene rings is 3. The number of carbonyl (C=O) groups is 5. The molecule has 4 amide bonds. The molecule has 4 aromatic rings. The monoisotopic (exact) mass is 626 g/mol. The molecule has 0 radical (unpaired) electrons. The number of amides is 4. The third-order valence-corrected chi connectivity index (χ3v) is 8.33. The van der Waals surface area contributed by atoms with E-state index in [0.29, 0.717) is 22.4 Å². The summed E-state index contributed by atoms with van der Waals surface area (Å²) in [5.41, 5.74) is 3.00. The number of phenolic OH excluding ortho intramolecular Hbond substituents is 1. The van der Waals surface area contributed by atoms with Crippen molar-refractivity contribution in [3.05, 3.63) is 106 Å². The zero-order chi connectivity index (χ0) is 31.9. The first-order valence-electron chi connectivity index (χ1n) is 14.1. The number of rotatable bonds is 12. The van der Waals surface area contributed by atoms with Crippen LogP contribution in [0, 0.1) is 0 Å². The maximum absolute atomic E-state index is 13.7. The molecule has 6 N–H and O–H groups in total. The Hall–Kier alpha value is -5.49. The van der Waals surface area contributed by atoms with E-state index < -0.39 is 48.2 Å². The second kappa shape index (κ2) is 13.9. The number of hydrogen-bond acceptors (Lipinski definition) is 7. The Balaban J connectivity index is 1.32. The molecule has 0 saturated carbocycles. The maximum Gasteiger partial charge on any atom is 0.322 e. The fraction of sp³-hybridized carbons (Fsp3) is 0.182. The Morgan fingerprint density at radius 3 is 2.27 bits per heavy atom. The van der Waals surface area contributed by atoms with Crippen LogP contribution < -0.4 is 21.3 Å². The maximum atomic E-state index is 13.7. The highest BCUT2D eigenvalue weighted by molar-refractivity contribution is 7.20. The summed E-state index contributed by atoms with van der Waals surface area (Å²) in [6.45, 7) is -1.03. The molecule has 0 spiro atoms. The molecule has 0 aliphatic heterocycles. The summed E-state index contributed by atoms with van der Waals surface area (Å²) in [6.07, 6.45) is 2.17. The van der Waals surface area contributed by atoms with E-state index in [1.54, 1.807) is 24.3 Å². The Bertz CT molecular complexity index is 1770. The Kier molecular flexibility index (Phi) is 9.54. The van der Waals surface area contributed by atoms with Gasteiger partial charge in [0.25, 0.3) is 5.91 Å².